The monoisotopic (exact) mass is 419 g/mol. The fourth-order valence-corrected chi connectivity index (χ4v) is 4.10. The van der Waals surface area contributed by atoms with Gasteiger partial charge in [0, 0.05) is 23.6 Å². The van der Waals surface area contributed by atoms with Crippen molar-refractivity contribution in [1.29, 1.82) is 0 Å². The minimum atomic E-state index is -1.02. The summed E-state index contributed by atoms with van der Waals surface area (Å²) in [4.78, 5) is 29.5. The highest BCUT2D eigenvalue weighted by Crippen LogP contribution is 2.23. The van der Waals surface area contributed by atoms with Crippen molar-refractivity contribution >= 4 is 29.2 Å². The number of aliphatic hydroxyl groups excluding tert-OH is 1. The molecule has 5 nitrogen and oxygen atoms in total. The van der Waals surface area contributed by atoms with Crippen molar-refractivity contribution in [2.24, 2.45) is 11.8 Å². The van der Waals surface area contributed by atoms with Crippen molar-refractivity contribution in [3.63, 3.8) is 0 Å². The van der Waals surface area contributed by atoms with E-state index in [4.69, 9.17) is 4.74 Å². The average molecular weight is 420 g/mol. The molecule has 160 valence electrons. The number of Topliss-reactive ketones (excluding diaryl/α,β-unsaturated/α-hetero) is 1. The van der Waals surface area contributed by atoms with Crippen LogP contribution in [-0.4, -0.2) is 34.1 Å². The van der Waals surface area contributed by atoms with Crippen LogP contribution in [0.2, 0.25) is 0 Å². The molecule has 4 atom stereocenters. The quantitative estimate of drug-likeness (QED) is 0.546. The molecule has 0 aliphatic carbocycles. The van der Waals surface area contributed by atoms with Crippen LogP contribution in [0, 0.1) is 18.8 Å². The van der Waals surface area contributed by atoms with Crippen LogP contribution in [0.5, 0.6) is 0 Å². The molecule has 0 amide bonds. The minimum Gasteiger partial charge on any atom is -0.457 e. The Bertz CT molecular complexity index is 780. The molecule has 1 aliphatic heterocycles. The highest BCUT2D eigenvalue weighted by Gasteiger charge is 2.29. The smallest absolute Gasteiger partial charge is 0.309 e. The summed E-state index contributed by atoms with van der Waals surface area (Å²) in [5.74, 6) is -1.17. The third-order valence-electron chi connectivity index (χ3n) is 5.57. The van der Waals surface area contributed by atoms with E-state index in [0.717, 1.165) is 35.5 Å². The van der Waals surface area contributed by atoms with E-state index in [2.05, 4.69) is 18.0 Å². The van der Waals surface area contributed by atoms with Crippen molar-refractivity contribution < 1.29 is 19.4 Å². The molecule has 2 rings (SSSR count). The minimum absolute atomic E-state index is 0.00974. The zero-order valence-electron chi connectivity index (χ0n) is 18.1. The van der Waals surface area contributed by atoms with Gasteiger partial charge in [-0.25, -0.2) is 4.98 Å². The highest BCUT2D eigenvalue weighted by atomic mass is 32.1. The van der Waals surface area contributed by atoms with Gasteiger partial charge in [-0.2, -0.15) is 0 Å². The number of aryl methyl sites for hydroxylation is 1. The molecule has 0 aromatic carbocycles. The molecule has 29 heavy (non-hydrogen) atoms. The lowest BCUT2D eigenvalue weighted by Gasteiger charge is -2.23. The first-order valence-corrected chi connectivity index (χ1v) is 11.2. The van der Waals surface area contributed by atoms with Gasteiger partial charge in [0.05, 0.1) is 23.2 Å². The van der Waals surface area contributed by atoms with Crippen LogP contribution >= 0.6 is 11.3 Å². The molecule has 0 fully saturated rings. The Labute approximate surface area is 177 Å². The summed E-state index contributed by atoms with van der Waals surface area (Å²) < 4.78 is 5.72. The number of aliphatic hydroxyl groups is 1. The third kappa shape index (κ3) is 7.19. The summed E-state index contributed by atoms with van der Waals surface area (Å²) in [6, 6.07) is 0. The summed E-state index contributed by atoms with van der Waals surface area (Å²) in [5, 5.41) is 13.4. The SMILES string of the molecule is C/C1=C/C[C@@H](/C(C)=C/c2csc(C)n2)OC(=O)C[C@H](O)C(C)C(=O)C(C)CCC1. The number of carbonyl (C=O) groups is 2. The van der Waals surface area contributed by atoms with E-state index in [-0.39, 0.29) is 18.1 Å². The Kier molecular flexibility index (Phi) is 8.78. The molecule has 1 aromatic rings. The summed E-state index contributed by atoms with van der Waals surface area (Å²) in [5.41, 5.74) is 2.99. The molecule has 2 unspecified atom stereocenters. The van der Waals surface area contributed by atoms with E-state index in [1.54, 1.807) is 18.3 Å². The Morgan fingerprint density at radius 1 is 1.31 bits per heavy atom. The van der Waals surface area contributed by atoms with E-state index in [1.807, 2.05) is 32.2 Å². The standard InChI is InChI=1S/C23H33NO4S/c1-14-7-6-8-15(2)23(27)17(4)20(25)12-22(26)28-21(10-9-14)16(3)11-19-13-29-18(5)24-19/h9,11,13,15,17,20-21,25H,6-8,10,12H2,1-5H3/b14-9-,16-11+/t15?,17?,20-,21-/m0/s1. The maximum atomic E-state index is 12.5. The fourth-order valence-electron chi connectivity index (χ4n) is 3.53. The largest absolute Gasteiger partial charge is 0.457 e. The van der Waals surface area contributed by atoms with E-state index in [0.29, 0.717) is 6.42 Å². The predicted molar refractivity (Wildman–Crippen MR) is 117 cm³/mol. The summed E-state index contributed by atoms with van der Waals surface area (Å²) in [6.07, 6.45) is 5.64. The van der Waals surface area contributed by atoms with Gasteiger partial charge in [0.2, 0.25) is 0 Å². The molecule has 1 aliphatic rings. The number of allylic oxidation sites excluding steroid dienone is 1. The van der Waals surface area contributed by atoms with Crippen LogP contribution in [-0.2, 0) is 14.3 Å². The zero-order chi connectivity index (χ0) is 21.6. The number of ketones is 1. The fraction of sp³-hybridized carbons (Fsp3) is 0.609. The maximum absolute atomic E-state index is 12.5. The molecule has 1 aromatic heterocycles. The van der Waals surface area contributed by atoms with Crippen molar-refractivity contribution in [1.82, 2.24) is 4.98 Å². The van der Waals surface area contributed by atoms with E-state index >= 15 is 0 Å². The number of aromatic nitrogens is 1. The molecule has 0 saturated carbocycles. The first-order chi connectivity index (χ1) is 13.7. The number of ether oxygens (including phenoxy) is 1. The van der Waals surface area contributed by atoms with Crippen LogP contribution < -0.4 is 0 Å². The number of nitrogens with zero attached hydrogens (tertiary/aromatic N) is 1. The number of rotatable bonds is 2. The second kappa shape index (κ2) is 10.8. The molecule has 0 bridgehead atoms. The van der Waals surface area contributed by atoms with Gasteiger partial charge in [0.25, 0.3) is 0 Å². The molecular formula is C23H33NO4S. The second-order valence-corrected chi connectivity index (χ2v) is 9.26. The number of hydrogen-bond donors (Lipinski definition) is 1. The van der Waals surface area contributed by atoms with Gasteiger partial charge < -0.3 is 9.84 Å². The van der Waals surface area contributed by atoms with Gasteiger partial charge in [0.15, 0.2) is 0 Å². The summed E-state index contributed by atoms with van der Waals surface area (Å²) in [7, 11) is 0. The van der Waals surface area contributed by atoms with Crippen LogP contribution in [0.15, 0.2) is 22.6 Å². The lowest BCUT2D eigenvalue weighted by molar-refractivity contribution is -0.150. The van der Waals surface area contributed by atoms with Gasteiger partial charge in [-0.3, -0.25) is 9.59 Å². The Morgan fingerprint density at radius 2 is 2.03 bits per heavy atom. The predicted octanol–water partition coefficient (Wildman–Crippen LogP) is 4.88. The molecule has 0 spiro atoms. The van der Waals surface area contributed by atoms with Crippen molar-refractivity contribution in [3.8, 4) is 0 Å². The molecule has 0 saturated heterocycles. The molecule has 6 heteroatoms. The van der Waals surface area contributed by atoms with Gasteiger partial charge >= 0.3 is 5.97 Å². The Morgan fingerprint density at radius 3 is 2.69 bits per heavy atom. The molecular weight excluding hydrogens is 386 g/mol. The second-order valence-electron chi connectivity index (χ2n) is 8.20. The Balaban J connectivity index is 2.23. The van der Waals surface area contributed by atoms with E-state index in [9.17, 15) is 14.7 Å². The normalized spacial score (nSPS) is 30.3. The zero-order valence-corrected chi connectivity index (χ0v) is 18.9. The summed E-state index contributed by atoms with van der Waals surface area (Å²) in [6.45, 7) is 9.56. The maximum Gasteiger partial charge on any atom is 0.309 e. The number of thiazole rings is 1. The average Bonchev–Trinajstić information content (AvgIpc) is 3.07. The van der Waals surface area contributed by atoms with E-state index < -0.39 is 24.1 Å². The van der Waals surface area contributed by atoms with E-state index in [1.165, 1.54) is 5.57 Å². The highest BCUT2D eigenvalue weighted by molar-refractivity contribution is 7.09. The Hall–Kier alpha value is -1.79. The molecule has 2 heterocycles. The van der Waals surface area contributed by atoms with Crippen LogP contribution in [0.4, 0.5) is 0 Å². The van der Waals surface area contributed by atoms with Gasteiger partial charge in [-0.05, 0) is 51.7 Å². The van der Waals surface area contributed by atoms with Crippen LogP contribution in [0.3, 0.4) is 0 Å². The number of carbonyl (C=O) groups excluding carboxylic acids is 2. The molecule has 0 radical (unpaired) electrons. The van der Waals surface area contributed by atoms with Crippen molar-refractivity contribution in [3.05, 3.63) is 33.3 Å². The topological polar surface area (TPSA) is 76.5 Å². The number of hydrogen-bond acceptors (Lipinski definition) is 6. The lowest BCUT2D eigenvalue weighted by atomic mass is 9.86. The van der Waals surface area contributed by atoms with Gasteiger partial charge in [-0.15, -0.1) is 11.3 Å². The van der Waals surface area contributed by atoms with Crippen LogP contribution in [0.1, 0.15) is 70.5 Å². The third-order valence-corrected chi connectivity index (χ3v) is 6.36. The van der Waals surface area contributed by atoms with Crippen molar-refractivity contribution in [2.45, 2.75) is 78.9 Å². The molecule has 1 N–H and O–H groups in total. The van der Waals surface area contributed by atoms with Gasteiger partial charge in [-0.1, -0.05) is 25.5 Å². The number of cyclic esters (lactones) is 1. The van der Waals surface area contributed by atoms with Crippen molar-refractivity contribution in [2.75, 3.05) is 0 Å². The first-order valence-electron chi connectivity index (χ1n) is 10.3. The van der Waals surface area contributed by atoms with Gasteiger partial charge in [0.1, 0.15) is 11.9 Å². The van der Waals surface area contributed by atoms with Crippen LogP contribution in [0.25, 0.3) is 6.08 Å². The number of esters is 1. The first kappa shape index (κ1) is 23.5. The lowest BCUT2D eigenvalue weighted by Crippen LogP contribution is -2.33. The summed E-state index contributed by atoms with van der Waals surface area (Å²) >= 11 is 1.58.